The summed E-state index contributed by atoms with van der Waals surface area (Å²) in [7, 11) is 1.48. The fraction of sp³-hybridized carbons (Fsp3) is 0.296. The molecule has 5 rings (SSSR count). The van der Waals surface area contributed by atoms with Gasteiger partial charge in [-0.25, -0.2) is 19.2 Å². The van der Waals surface area contributed by atoms with Gasteiger partial charge in [-0.3, -0.25) is 4.57 Å². The van der Waals surface area contributed by atoms with E-state index in [0.29, 0.717) is 39.7 Å². The molecule has 11 nitrogen and oxygen atoms in total. The van der Waals surface area contributed by atoms with Crippen LogP contribution in [0.25, 0.3) is 21.8 Å². The number of aliphatic hydroxyl groups is 1. The smallest absolute Gasteiger partial charge is 0.328 e. The topological polar surface area (TPSA) is 148 Å². The summed E-state index contributed by atoms with van der Waals surface area (Å²) in [6.07, 6.45) is 1.68. The maximum Gasteiger partial charge on any atom is 0.328 e. The van der Waals surface area contributed by atoms with Crippen LogP contribution in [0.2, 0.25) is 0 Å². The molecule has 0 atom stereocenters. The molecule has 0 unspecified atom stereocenters. The number of aromatic nitrogens is 5. The number of ether oxygens (including phenoxy) is 3. The third-order valence-electron chi connectivity index (χ3n) is 6.28. The molecule has 0 saturated carbocycles. The minimum Gasteiger partial charge on any atom is -0.493 e. The molecule has 0 amide bonds. The van der Waals surface area contributed by atoms with Crippen LogP contribution < -0.4 is 19.9 Å². The molecule has 4 N–H and O–H groups in total. The average Bonchev–Trinajstić information content (AvgIpc) is 3.42. The largest absolute Gasteiger partial charge is 0.493 e. The van der Waals surface area contributed by atoms with Crippen LogP contribution in [-0.2, 0) is 12.1 Å². The van der Waals surface area contributed by atoms with Gasteiger partial charge in [0.05, 0.1) is 24.6 Å². The highest BCUT2D eigenvalue weighted by molar-refractivity contribution is 5.87. The zero-order valence-electron chi connectivity index (χ0n) is 21.8. The Balaban J connectivity index is 1.34. The molecule has 204 valence electrons. The molecule has 0 spiro atoms. The molecule has 2 aromatic carbocycles. The van der Waals surface area contributed by atoms with E-state index in [1.54, 1.807) is 24.3 Å². The van der Waals surface area contributed by atoms with Gasteiger partial charge < -0.3 is 34.4 Å². The maximum atomic E-state index is 15.1. The maximum absolute atomic E-state index is 15.1. The molecule has 39 heavy (non-hydrogen) atoms. The standard InChI is InChI=1S/C27H28FN5O6/c1-14-10-15-17(31-14)6-7-19(22(15)28)39-24-16-11-20(37-4)21(12-18(16)29-13-30-24)38-9-5-8-33-25(34)23(27(2,3)36)32-26(33)35/h6-7,10-13,31,34,36H,5,8-9H2,1-4H3,(H,32,35). The Kier molecular flexibility index (Phi) is 6.64. The lowest BCUT2D eigenvalue weighted by molar-refractivity contribution is 0.0709. The first-order valence-electron chi connectivity index (χ1n) is 12.2. The van der Waals surface area contributed by atoms with Gasteiger partial charge in [0.15, 0.2) is 23.1 Å². The highest BCUT2D eigenvalue weighted by Gasteiger charge is 2.26. The van der Waals surface area contributed by atoms with Crippen molar-refractivity contribution < 1.29 is 28.8 Å². The van der Waals surface area contributed by atoms with E-state index in [1.165, 1.54) is 33.4 Å². The predicted molar refractivity (Wildman–Crippen MR) is 141 cm³/mol. The van der Waals surface area contributed by atoms with E-state index in [1.807, 2.05) is 6.92 Å². The Hall–Kier alpha value is -4.58. The summed E-state index contributed by atoms with van der Waals surface area (Å²) in [5, 5.41) is 21.3. The molecule has 0 bridgehead atoms. The second-order valence-corrected chi connectivity index (χ2v) is 9.63. The molecule has 0 aliphatic rings. The second-order valence-electron chi connectivity index (χ2n) is 9.63. The Bertz CT molecular complexity index is 1730. The number of rotatable bonds is 9. The van der Waals surface area contributed by atoms with Crippen molar-refractivity contribution in [1.29, 1.82) is 0 Å². The number of nitrogens with zero attached hydrogens (tertiary/aromatic N) is 3. The van der Waals surface area contributed by atoms with Crippen LogP contribution in [-0.4, -0.2) is 48.4 Å². The molecule has 0 aliphatic heterocycles. The number of aromatic hydroxyl groups is 1. The van der Waals surface area contributed by atoms with Crippen LogP contribution in [0.5, 0.6) is 29.0 Å². The van der Waals surface area contributed by atoms with Crippen molar-refractivity contribution in [2.45, 2.75) is 39.3 Å². The van der Waals surface area contributed by atoms with E-state index in [-0.39, 0.29) is 36.4 Å². The number of aromatic amines is 2. The summed E-state index contributed by atoms with van der Waals surface area (Å²) >= 11 is 0. The SMILES string of the molecule is COc1cc2c(Oc3ccc4[nH]c(C)cc4c3F)ncnc2cc1OCCCn1c(O)c(C(C)(C)O)[nH]c1=O. The van der Waals surface area contributed by atoms with Gasteiger partial charge in [0.25, 0.3) is 0 Å². The quantitative estimate of drug-likeness (QED) is 0.204. The van der Waals surface area contributed by atoms with Crippen LogP contribution in [0, 0.1) is 12.7 Å². The summed E-state index contributed by atoms with van der Waals surface area (Å²) in [4.78, 5) is 26.3. The average molecular weight is 538 g/mol. The van der Waals surface area contributed by atoms with E-state index in [0.717, 1.165) is 10.3 Å². The molecule has 0 saturated heterocycles. The summed E-state index contributed by atoms with van der Waals surface area (Å²) in [6.45, 7) is 5.13. The van der Waals surface area contributed by atoms with Gasteiger partial charge in [-0.1, -0.05) is 0 Å². The van der Waals surface area contributed by atoms with Crippen molar-refractivity contribution in [3.05, 3.63) is 64.3 Å². The lowest BCUT2D eigenvalue weighted by Gasteiger charge is -2.15. The van der Waals surface area contributed by atoms with Gasteiger partial charge in [-0.05, 0) is 51.5 Å². The first-order chi connectivity index (χ1) is 18.6. The van der Waals surface area contributed by atoms with Gasteiger partial charge in [0.1, 0.15) is 17.6 Å². The molecule has 0 aliphatic carbocycles. The van der Waals surface area contributed by atoms with Crippen LogP contribution >= 0.6 is 0 Å². The van der Waals surface area contributed by atoms with Crippen molar-refractivity contribution in [3.63, 3.8) is 0 Å². The zero-order valence-corrected chi connectivity index (χ0v) is 21.8. The molecule has 3 aromatic heterocycles. The van der Waals surface area contributed by atoms with Crippen LogP contribution in [0.15, 0.2) is 41.5 Å². The molecule has 0 radical (unpaired) electrons. The summed E-state index contributed by atoms with van der Waals surface area (Å²) in [5.41, 5.74) is 0.117. The number of H-pyrrole nitrogens is 2. The lowest BCUT2D eigenvalue weighted by Crippen LogP contribution is -2.19. The fourth-order valence-electron chi connectivity index (χ4n) is 4.37. The summed E-state index contributed by atoms with van der Waals surface area (Å²) in [5.74, 6) is 0.134. The Morgan fingerprint density at radius 2 is 1.87 bits per heavy atom. The van der Waals surface area contributed by atoms with Crippen LogP contribution in [0.4, 0.5) is 4.39 Å². The van der Waals surface area contributed by atoms with Crippen LogP contribution in [0.1, 0.15) is 31.7 Å². The van der Waals surface area contributed by atoms with Gasteiger partial charge in [-0.15, -0.1) is 0 Å². The third-order valence-corrected chi connectivity index (χ3v) is 6.28. The summed E-state index contributed by atoms with van der Waals surface area (Å²) < 4.78 is 33.5. The first-order valence-corrected chi connectivity index (χ1v) is 12.2. The van der Waals surface area contributed by atoms with Crippen molar-refractivity contribution in [2.75, 3.05) is 13.7 Å². The number of hydrogen-bond acceptors (Lipinski definition) is 8. The van der Waals surface area contributed by atoms with E-state index in [2.05, 4.69) is 19.9 Å². The van der Waals surface area contributed by atoms with E-state index in [9.17, 15) is 15.0 Å². The number of benzene rings is 2. The Morgan fingerprint density at radius 3 is 2.59 bits per heavy atom. The molecule has 5 aromatic rings. The lowest BCUT2D eigenvalue weighted by atomic mass is 10.1. The molecule has 3 heterocycles. The van der Waals surface area contributed by atoms with E-state index in [4.69, 9.17) is 14.2 Å². The summed E-state index contributed by atoms with van der Waals surface area (Å²) in [6, 6.07) is 8.29. The number of imidazole rings is 1. The Labute approximate surface area is 221 Å². The second kappa shape index (κ2) is 9.95. The van der Waals surface area contributed by atoms with Crippen molar-refractivity contribution >= 4 is 21.8 Å². The highest BCUT2D eigenvalue weighted by Crippen LogP contribution is 2.37. The first kappa shape index (κ1) is 26.0. The monoisotopic (exact) mass is 537 g/mol. The van der Waals surface area contributed by atoms with E-state index >= 15 is 4.39 Å². The fourth-order valence-corrected chi connectivity index (χ4v) is 4.37. The third kappa shape index (κ3) is 4.98. The van der Waals surface area contributed by atoms with Gasteiger partial charge >= 0.3 is 5.69 Å². The number of halogens is 1. The van der Waals surface area contributed by atoms with Crippen molar-refractivity contribution in [3.8, 4) is 29.0 Å². The normalized spacial score (nSPS) is 11.8. The number of nitrogens with one attached hydrogen (secondary N) is 2. The molecular formula is C27H28FN5O6. The van der Waals surface area contributed by atoms with Crippen LogP contribution in [0.3, 0.4) is 0 Å². The van der Waals surface area contributed by atoms with Crippen molar-refractivity contribution in [2.24, 2.45) is 0 Å². The number of fused-ring (bicyclic) bond motifs is 2. The van der Waals surface area contributed by atoms with Crippen molar-refractivity contribution in [1.82, 2.24) is 24.5 Å². The van der Waals surface area contributed by atoms with Gasteiger partial charge in [-0.2, -0.15) is 0 Å². The zero-order chi connectivity index (χ0) is 27.9. The molecule has 0 fully saturated rings. The number of aryl methyl sites for hydroxylation is 1. The molecular weight excluding hydrogens is 509 g/mol. The minimum absolute atomic E-state index is 0.0248. The van der Waals surface area contributed by atoms with Gasteiger partial charge in [0, 0.05) is 29.2 Å². The molecule has 12 heteroatoms. The van der Waals surface area contributed by atoms with E-state index < -0.39 is 17.1 Å². The Morgan fingerprint density at radius 1 is 1.08 bits per heavy atom. The van der Waals surface area contributed by atoms with Gasteiger partial charge in [0.2, 0.25) is 11.8 Å². The predicted octanol–water partition coefficient (Wildman–Crippen LogP) is 4.25. The number of methoxy groups -OCH3 is 1. The minimum atomic E-state index is -1.40. The number of hydrogen-bond donors (Lipinski definition) is 4. The highest BCUT2D eigenvalue weighted by atomic mass is 19.1.